The average molecular weight is 656 g/mol. The predicted molar refractivity (Wildman–Crippen MR) is 174 cm³/mol. The quantitative estimate of drug-likeness (QED) is 0.138. The Hall–Kier alpha value is -4.78. The lowest BCUT2D eigenvalue weighted by Gasteiger charge is -2.48. The Morgan fingerprint density at radius 1 is 0.875 bits per heavy atom. The van der Waals surface area contributed by atoms with Crippen LogP contribution in [0.1, 0.15) is 41.7 Å². The Kier molecular flexibility index (Phi) is 9.49. The number of carboxylic acid groups (broad SMARTS) is 1. The molecule has 2 aliphatic rings. The first-order chi connectivity index (χ1) is 23.0. The second-order valence-electron chi connectivity index (χ2n) is 12.3. The highest BCUT2D eigenvalue weighted by molar-refractivity contribution is 6.03. The SMILES string of the molecule is Cc1ccc([C@@H](O)CC[C@H]2C(=O)N(c3ccccc3)[C@@H]2c2ccc(-c3cccc(O[C@@H]4OC(C(=O)O)[C@@H](O)[C@H](O)C4O)c3)cc2O)cc1. The molecule has 4 aromatic rings. The number of carboxylic acids is 1. The van der Waals surface area contributed by atoms with E-state index in [2.05, 4.69) is 0 Å². The van der Waals surface area contributed by atoms with E-state index in [9.17, 15) is 40.2 Å². The molecular weight excluding hydrogens is 618 g/mol. The lowest BCUT2D eigenvalue weighted by Crippen LogP contribution is -2.61. The van der Waals surface area contributed by atoms with Crippen LogP contribution in [-0.2, 0) is 14.3 Å². The highest BCUT2D eigenvalue weighted by Crippen LogP contribution is 2.49. The van der Waals surface area contributed by atoms with Gasteiger partial charge in [0.2, 0.25) is 12.2 Å². The number of aryl methyl sites for hydroxylation is 1. The number of nitrogens with zero attached hydrogens (tertiary/aromatic N) is 1. The molecule has 8 atom stereocenters. The Bertz CT molecular complexity index is 1760. The van der Waals surface area contributed by atoms with Crippen LogP contribution in [-0.4, -0.2) is 73.2 Å². The lowest BCUT2D eigenvalue weighted by atomic mass is 9.77. The smallest absolute Gasteiger partial charge is 0.335 e. The van der Waals surface area contributed by atoms with Crippen molar-refractivity contribution in [2.75, 3.05) is 4.90 Å². The van der Waals surface area contributed by atoms with Crippen LogP contribution >= 0.6 is 0 Å². The summed E-state index contributed by atoms with van der Waals surface area (Å²) in [4.78, 5) is 26.7. The Balaban J connectivity index is 1.23. The number of carbonyl (C=O) groups is 2. The number of aliphatic hydroxyl groups excluding tert-OH is 4. The van der Waals surface area contributed by atoms with Crippen molar-refractivity contribution in [3.05, 3.63) is 114 Å². The molecule has 1 amide bonds. The van der Waals surface area contributed by atoms with E-state index in [-0.39, 0.29) is 17.4 Å². The number of aliphatic carboxylic acids is 1. The van der Waals surface area contributed by atoms with E-state index in [1.807, 2.05) is 61.5 Å². The molecule has 0 aromatic heterocycles. The molecule has 6 N–H and O–H groups in total. The van der Waals surface area contributed by atoms with Gasteiger partial charge in [-0.2, -0.15) is 0 Å². The summed E-state index contributed by atoms with van der Waals surface area (Å²) in [6.45, 7) is 1.97. The van der Waals surface area contributed by atoms with Crippen LogP contribution in [0.3, 0.4) is 0 Å². The maximum atomic E-state index is 13.5. The number of hydrogen-bond acceptors (Lipinski definition) is 9. The molecule has 2 aliphatic heterocycles. The molecule has 11 nitrogen and oxygen atoms in total. The molecule has 4 aromatic carbocycles. The van der Waals surface area contributed by atoms with E-state index in [4.69, 9.17) is 9.47 Å². The number of benzene rings is 4. The third kappa shape index (κ3) is 6.51. The fourth-order valence-electron chi connectivity index (χ4n) is 6.36. The van der Waals surface area contributed by atoms with E-state index < -0.39 is 54.7 Å². The number of anilines is 1. The summed E-state index contributed by atoms with van der Waals surface area (Å²) < 4.78 is 10.9. The van der Waals surface area contributed by atoms with Gasteiger partial charge in [-0.15, -0.1) is 0 Å². The van der Waals surface area contributed by atoms with Crippen molar-refractivity contribution in [1.82, 2.24) is 0 Å². The molecule has 250 valence electrons. The molecule has 0 aliphatic carbocycles. The largest absolute Gasteiger partial charge is 0.508 e. The number of phenols is 1. The van der Waals surface area contributed by atoms with Crippen molar-refractivity contribution in [3.8, 4) is 22.6 Å². The average Bonchev–Trinajstić information content (AvgIpc) is 3.08. The first kappa shape index (κ1) is 33.1. The van der Waals surface area contributed by atoms with Crippen molar-refractivity contribution in [3.63, 3.8) is 0 Å². The van der Waals surface area contributed by atoms with Gasteiger partial charge in [-0.25, -0.2) is 4.79 Å². The van der Waals surface area contributed by atoms with E-state index in [0.29, 0.717) is 35.2 Å². The Morgan fingerprint density at radius 3 is 2.27 bits per heavy atom. The zero-order valence-electron chi connectivity index (χ0n) is 26.0. The molecule has 6 rings (SSSR count). The molecule has 11 heteroatoms. The third-order valence-corrected chi connectivity index (χ3v) is 9.04. The summed E-state index contributed by atoms with van der Waals surface area (Å²) in [5.41, 5.74) is 4.33. The number of β-lactam (4-membered cyclic amide) rings is 1. The minimum Gasteiger partial charge on any atom is -0.508 e. The number of rotatable bonds is 10. The van der Waals surface area contributed by atoms with Crippen molar-refractivity contribution < 1.29 is 49.7 Å². The number of para-hydroxylation sites is 1. The number of aliphatic hydroxyl groups is 4. The summed E-state index contributed by atoms with van der Waals surface area (Å²) in [5.74, 6) is -1.93. The lowest BCUT2D eigenvalue weighted by molar-refractivity contribution is -0.271. The number of aromatic hydroxyl groups is 1. The highest BCUT2D eigenvalue weighted by atomic mass is 16.7. The molecular formula is C37H37NO10. The van der Waals surface area contributed by atoms with Crippen LogP contribution in [0.2, 0.25) is 0 Å². The Labute approximate surface area is 276 Å². The van der Waals surface area contributed by atoms with Gasteiger partial charge in [-0.05, 0) is 66.8 Å². The molecule has 0 radical (unpaired) electrons. The molecule has 2 unspecified atom stereocenters. The van der Waals surface area contributed by atoms with Gasteiger partial charge in [0.1, 0.15) is 29.8 Å². The predicted octanol–water partition coefficient (Wildman–Crippen LogP) is 3.86. The molecule has 0 bridgehead atoms. The second-order valence-corrected chi connectivity index (χ2v) is 12.3. The first-order valence-corrected chi connectivity index (χ1v) is 15.7. The summed E-state index contributed by atoms with van der Waals surface area (Å²) >= 11 is 0. The van der Waals surface area contributed by atoms with Gasteiger partial charge < -0.3 is 45.0 Å². The van der Waals surface area contributed by atoms with Gasteiger partial charge in [-0.3, -0.25) is 4.79 Å². The molecule has 0 saturated carbocycles. The third-order valence-electron chi connectivity index (χ3n) is 9.04. The normalized spacial score (nSPS) is 26.1. The van der Waals surface area contributed by atoms with Gasteiger partial charge >= 0.3 is 5.97 Å². The van der Waals surface area contributed by atoms with E-state index in [1.165, 1.54) is 0 Å². The van der Waals surface area contributed by atoms with Crippen LogP contribution in [0.15, 0.2) is 97.1 Å². The van der Waals surface area contributed by atoms with Gasteiger partial charge in [-0.1, -0.05) is 72.3 Å². The maximum Gasteiger partial charge on any atom is 0.335 e. The monoisotopic (exact) mass is 655 g/mol. The summed E-state index contributed by atoms with van der Waals surface area (Å²) in [6, 6.07) is 28.1. The van der Waals surface area contributed by atoms with Crippen LogP contribution < -0.4 is 9.64 Å². The zero-order valence-corrected chi connectivity index (χ0v) is 26.0. The minimum absolute atomic E-state index is 0.0335. The molecule has 0 spiro atoms. The van der Waals surface area contributed by atoms with E-state index in [0.717, 1.165) is 11.1 Å². The van der Waals surface area contributed by atoms with Crippen molar-refractivity contribution in [2.45, 2.75) is 62.6 Å². The highest BCUT2D eigenvalue weighted by Gasteiger charge is 2.50. The fourth-order valence-corrected chi connectivity index (χ4v) is 6.36. The maximum absolute atomic E-state index is 13.5. The van der Waals surface area contributed by atoms with Crippen LogP contribution in [0.25, 0.3) is 11.1 Å². The second kappa shape index (κ2) is 13.8. The minimum atomic E-state index is -1.84. The Morgan fingerprint density at radius 2 is 1.58 bits per heavy atom. The molecule has 2 saturated heterocycles. The molecule has 48 heavy (non-hydrogen) atoms. The number of carbonyl (C=O) groups excluding carboxylic acids is 1. The summed E-state index contributed by atoms with van der Waals surface area (Å²) in [7, 11) is 0. The summed E-state index contributed by atoms with van der Waals surface area (Å²) in [6.07, 6.45) is -8.70. The number of amides is 1. The zero-order chi connectivity index (χ0) is 34.1. The number of ether oxygens (including phenoxy) is 2. The van der Waals surface area contributed by atoms with Crippen molar-refractivity contribution in [2.24, 2.45) is 5.92 Å². The van der Waals surface area contributed by atoms with Crippen molar-refractivity contribution >= 4 is 17.6 Å². The number of hydrogen-bond donors (Lipinski definition) is 6. The van der Waals surface area contributed by atoms with Crippen LogP contribution in [0, 0.1) is 12.8 Å². The van der Waals surface area contributed by atoms with Gasteiger partial charge in [0.15, 0.2) is 6.10 Å². The first-order valence-electron chi connectivity index (χ1n) is 15.7. The number of phenolic OH excluding ortho intramolecular Hbond substituents is 1. The fraction of sp³-hybridized carbons (Fsp3) is 0.297. The van der Waals surface area contributed by atoms with Gasteiger partial charge in [0.25, 0.3) is 0 Å². The van der Waals surface area contributed by atoms with E-state index in [1.54, 1.807) is 47.4 Å². The van der Waals surface area contributed by atoms with Crippen LogP contribution in [0.4, 0.5) is 5.69 Å². The standard InChI is InChI=1S/C37H37NO10/c1-20-10-12-21(13-11-20)28(39)17-16-27-30(38(35(27)44)24-7-3-2-4-8-24)26-15-14-23(19-29(26)40)22-6-5-9-25(18-22)47-37-33(43)31(41)32(42)34(48-37)36(45)46/h2-15,18-19,27-28,30-34,37,39-43H,16-17H2,1H3,(H,45,46)/t27-,28+,30-,31+,32+,33?,34?,37-/m1/s1. The van der Waals surface area contributed by atoms with E-state index >= 15 is 0 Å². The van der Waals surface area contributed by atoms with Crippen molar-refractivity contribution in [1.29, 1.82) is 0 Å². The summed E-state index contributed by atoms with van der Waals surface area (Å²) in [5, 5.41) is 62.0. The van der Waals surface area contributed by atoms with Gasteiger partial charge in [0.05, 0.1) is 18.1 Å². The van der Waals surface area contributed by atoms with Crippen LogP contribution in [0.5, 0.6) is 11.5 Å². The molecule has 2 heterocycles. The topological polar surface area (TPSA) is 177 Å². The molecule has 2 fully saturated rings. The van der Waals surface area contributed by atoms with Gasteiger partial charge in [0, 0.05) is 11.3 Å².